The highest BCUT2D eigenvalue weighted by atomic mass is 19.2. The van der Waals surface area contributed by atoms with Crippen LogP contribution < -0.4 is 9.64 Å². The first-order valence-corrected chi connectivity index (χ1v) is 10.9. The van der Waals surface area contributed by atoms with Crippen molar-refractivity contribution < 1.29 is 28.2 Å². The van der Waals surface area contributed by atoms with Crippen molar-refractivity contribution in [2.24, 2.45) is 0 Å². The maximum absolute atomic E-state index is 14.1. The van der Waals surface area contributed by atoms with E-state index in [2.05, 4.69) is 4.98 Å². The zero-order valence-corrected chi connectivity index (χ0v) is 19.7. The minimum absolute atomic E-state index is 0.0453. The topological polar surface area (TPSA) is 79.7 Å². The molecule has 4 rings (SSSR count). The first-order valence-electron chi connectivity index (χ1n) is 10.9. The number of amides is 1. The number of ether oxygens (including phenoxy) is 1. The number of carbonyl (C=O) groups is 2. The van der Waals surface area contributed by atoms with Gasteiger partial charge in [-0.1, -0.05) is 32.9 Å². The lowest BCUT2D eigenvalue weighted by Gasteiger charge is -2.25. The summed E-state index contributed by atoms with van der Waals surface area (Å²) in [6.45, 7) is 5.98. The molecule has 2 aromatic carbocycles. The SMILES string of the molecule is COc1ccc(C(C)(C)C)cc1/C(O)=C1\C(=O)C(=O)N(c2ccc(F)c(F)c2)C1c1ccccn1. The van der Waals surface area contributed by atoms with E-state index in [1.165, 1.54) is 19.4 Å². The number of hydrogen-bond donors (Lipinski definition) is 1. The number of methoxy groups -OCH3 is 1. The van der Waals surface area contributed by atoms with Crippen LogP contribution in [-0.2, 0) is 15.0 Å². The number of ketones is 1. The number of hydrogen-bond acceptors (Lipinski definition) is 5. The van der Waals surface area contributed by atoms with Gasteiger partial charge in [0.1, 0.15) is 17.6 Å². The lowest BCUT2D eigenvalue weighted by Crippen LogP contribution is -2.30. The number of pyridine rings is 1. The smallest absolute Gasteiger partial charge is 0.300 e. The molecule has 180 valence electrons. The highest BCUT2D eigenvalue weighted by Crippen LogP contribution is 2.43. The second-order valence-corrected chi connectivity index (χ2v) is 9.19. The Kier molecular flexibility index (Phi) is 6.15. The molecule has 1 amide bonds. The predicted molar refractivity (Wildman–Crippen MR) is 127 cm³/mol. The van der Waals surface area contributed by atoms with Crippen LogP contribution >= 0.6 is 0 Å². The van der Waals surface area contributed by atoms with Gasteiger partial charge in [-0.2, -0.15) is 0 Å². The number of Topliss-reactive ketones (excluding diaryl/α,β-unsaturated/α-hetero) is 1. The predicted octanol–water partition coefficient (Wildman–Crippen LogP) is 5.29. The van der Waals surface area contributed by atoms with E-state index < -0.39 is 35.1 Å². The molecule has 1 aromatic heterocycles. The number of rotatable bonds is 4. The van der Waals surface area contributed by atoms with Crippen LogP contribution in [0.4, 0.5) is 14.5 Å². The fourth-order valence-electron chi connectivity index (χ4n) is 4.06. The first-order chi connectivity index (χ1) is 16.5. The molecule has 1 aliphatic heterocycles. The molecule has 8 heteroatoms. The summed E-state index contributed by atoms with van der Waals surface area (Å²) in [5, 5.41) is 11.4. The van der Waals surface area contributed by atoms with E-state index in [1.807, 2.05) is 26.8 Å². The summed E-state index contributed by atoms with van der Waals surface area (Å²) in [4.78, 5) is 31.7. The Bertz CT molecular complexity index is 1350. The van der Waals surface area contributed by atoms with Crippen molar-refractivity contribution in [3.8, 4) is 5.75 Å². The number of halogens is 2. The van der Waals surface area contributed by atoms with Crippen molar-refractivity contribution in [2.45, 2.75) is 32.2 Å². The van der Waals surface area contributed by atoms with E-state index in [0.29, 0.717) is 5.75 Å². The van der Waals surface area contributed by atoms with Crippen LogP contribution in [0.3, 0.4) is 0 Å². The zero-order valence-electron chi connectivity index (χ0n) is 19.7. The van der Waals surface area contributed by atoms with Gasteiger partial charge in [0, 0.05) is 18.0 Å². The van der Waals surface area contributed by atoms with Crippen LogP contribution in [0.5, 0.6) is 5.75 Å². The highest BCUT2D eigenvalue weighted by Gasteiger charge is 2.48. The Morgan fingerprint density at radius 3 is 2.37 bits per heavy atom. The van der Waals surface area contributed by atoms with Crippen LogP contribution in [0.2, 0.25) is 0 Å². The molecule has 1 saturated heterocycles. The largest absolute Gasteiger partial charge is 0.507 e. The molecule has 0 bridgehead atoms. The Morgan fingerprint density at radius 2 is 1.77 bits per heavy atom. The van der Waals surface area contributed by atoms with Gasteiger partial charge in [-0.05, 0) is 47.4 Å². The Balaban J connectivity index is 1.99. The molecule has 0 radical (unpaired) electrons. The average molecular weight is 478 g/mol. The molecule has 3 aromatic rings. The van der Waals surface area contributed by atoms with Gasteiger partial charge in [-0.25, -0.2) is 8.78 Å². The maximum Gasteiger partial charge on any atom is 0.300 e. The lowest BCUT2D eigenvalue weighted by molar-refractivity contribution is -0.132. The number of aliphatic hydroxyl groups is 1. The molecular weight excluding hydrogens is 454 g/mol. The molecule has 1 fully saturated rings. The van der Waals surface area contributed by atoms with Crippen molar-refractivity contribution in [3.63, 3.8) is 0 Å². The minimum Gasteiger partial charge on any atom is -0.507 e. The lowest BCUT2D eigenvalue weighted by atomic mass is 9.85. The van der Waals surface area contributed by atoms with Gasteiger partial charge in [0.15, 0.2) is 11.6 Å². The summed E-state index contributed by atoms with van der Waals surface area (Å²) in [5.74, 6) is -4.40. The summed E-state index contributed by atoms with van der Waals surface area (Å²) in [6, 6.07) is 11.9. The second-order valence-electron chi connectivity index (χ2n) is 9.19. The third-order valence-corrected chi connectivity index (χ3v) is 5.91. The number of benzene rings is 2. The maximum atomic E-state index is 14.1. The van der Waals surface area contributed by atoms with Crippen LogP contribution in [-0.4, -0.2) is 28.9 Å². The minimum atomic E-state index is -1.18. The van der Waals surface area contributed by atoms with Gasteiger partial charge < -0.3 is 9.84 Å². The number of anilines is 1. The Hall–Kier alpha value is -4.07. The van der Waals surface area contributed by atoms with Crippen LogP contribution in [0, 0.1) is 11.6 Å². The first kappa shape index (κ1) is 24.1. The number of carbonyl (C=O) groups excluding carboxylic acids is 2. The molecule has 1 atom stereocenters. The number of nitrogens with zero attached hydrogens (tertiary/aromatic N) is 2. The molecular formula is C27H24F2N2O4. The van der Waals surface area contributed by atoms with E-state index in [0.717, 1.165) is 22.6 Å². The second kappa shape index (κ2) is 8.94. The third kappa shape index (κ3) is 4.27. The van der Waals surface area contributed by atoms with Gasteiger partial charge in [0.05, 0.1) is 23.9 Å². The normalized spacial score (nSPS) is 17.7. The molecule has 0 spiro atoms. The Labute approximate surface area is 201 Å². The summed E-state index contributed by atoms with van der Waals surface area (Å²) >= 11 is 0. The van der Waals surface area contributed by atoms with E-state index >= 15 is 0 Å². The van der Waals surface area contributed by atoms with E-state index in [4.69, 9.17) is 4.74 Å². The van der Waals surface area contributed by atoms with E-state index in [9.17, 15) is 23.5 Å². The van der Waals surface area contributed by atoms with Gasteiger partial charge in [0.25, 0.3) is 11.7 Å². The zero-order chi connectivity index (χ0) is 25.5. The molecule has 2 heterocycles. The molecule has 1 unspecified atom stereocenters. The van der Waals surface area contributed by atoms with Crippen LogP contribution in [0.1, 0.15) is 43.6 Å². The average Bonchev–Trinajstić information content (AvgIpc) is 3.10. The summed E-state index contributed by atoms with van der Waals surface area (Å²) in [7, 11) is 1.43. The van der Waals surface area contributed by atoms with Crippen molar-refractivity contribution in [2.75, 3.05) is 12.0 Å². The van der Waals surface area contributed by atoms with Crippen LogP contribution in [0.25, 0.3) is 5.76 Å². The van der Waals surface area contributed by atoms with Gasteiger partial charge in [-0.3, -0.25) is 19.5 Å². The highest BCUT2D eigenvalue weighted by molar-refractivity contribution is 6.51. The Morgan fingerprint density at radius 1 is 1.03 bits per heavy atom. The summed E-state index contributed by atoms with van der Waals surface area (Å²) in [6.07, 6.45) is 1.47. The van der Waals surface area contributed by atoms with Crippen LogP contribution in [0.15, 0.2) is 66.4 Å². The monoisotopic (exact) mass is 478 g/mol. The molecule has 1 aliphatic rings. The fraction of sp³-hybridized carbons (Fsp3) is 0.222. The van der Waals surface area contributed by atoms with E-state index in [-0.39, 0.29) is 27.9 Å². The van der Waals surface area contributed by atoms with Gasteiger partial charge >= 0.3 is 0 Å². The van der Waals surface area contributed by atoms with Gasteiger partial charge in [0.2, 0.25) is 0 Å². The van der Waals surface area contributed by atoms with Crippen molar-refractivity contribution in [3.05, 3.63) is 94.8 Å². The standard InChI is InChI=1S/C27H24F2N2O4/c1-27(2,3)15-8-11-21(35-4)17(13-15)24(32)22-23(20-7-5-6-12-30-20)31(26(34)25(22)33)16-9-10-18(28)19(29)14-16/h5-14,23,32H,1-4H3/b24-22+. The molecule has 6 nitrogen and oxygen atoms in total. The van der Waals surface area contributed by atoms with Crippen molar-refractivity contribution >= 4 is 23.1 Å². The summed E-state index contributed by atoms with van der Waals surface area (Å²) < 4.78 is 33.1. The third-order valence-electron chi connectivity index (χ3n) is 5.91. The van der Waals surface area contributed by atoms with Gasteiger partial charge in [-0.15, -0.1) is 0 Å². The van der Waals surface area contributed by atoms with E-state index in [1.54, 1.807) is 30.3 Å². The molecule has 0 aliphatic carbocycles. The molecule has 35 heavy (non-hydrogen) atoms. The number of aliphatic hydroxyl groups excluding tert-OH is 1. The summed E-state index contributed by atoms with van der Waals surface area (Å²) in [5.41, 5.74) is 0.801. The fourth-order valence-corrected chi connectivity index (χ4v) is 4.06. The molecule has 1 N–H and O–H groups in total. The van der Waals surface area contributed by atoms with Crippen molar-refractivity contribution in [1.29, 1.82) is 0 Å². The van der Waals surface area contributed by atoms with Crippen molar-refractivity contribution in [1.82, 2.24) is 4.98 Å². The quantitative estimate of drug-likeness (QED) is 0.313. The molecule has 0 saturated carbocycles. The number of aromatic nitrogens is 1.